The average molecular weight is 471 g/mol. The number of carbonyl (C=O) groups excluding carboxylic acids is 1. The van der Waals surface area contributed by atoms with Crippen LogP contribution in [0.1, 0.15) is 92.9 Å². The van der Waals surface area contributed by atoms with Crippen molar-refractivity contribution in [1.29, 1.82) is 0 Å². The Balaban J connectivity index is 1.61. The van der Waals surface area contributed by atoms with Crippen molar-refractivity contribution in [2.24, 2.45) is 62.6 Å². The van der Waals surface area contributed by atoms with Crippen LogP contribution in [0.2, 0.25) is 0 Å². The molecular weight excluding hydrogens is 424 g/mol. The molecule has 2 N–H and O–H groups in total. The van der Waals surface area contributed by atoms with Gasteiger partial charge < -0.3 is 15.0 Å². The minimum absolute atomic E-state index is 0.0371. The molecule has 0 bridgehead atoms. The number of aldehydes is 1. The van der Waals surface area contributed by atoms with Crippen LogP contribution in [0.15, 0.2) is 12.2 Å². The van der Waals surface area contributed by atoms with Gasteiger partial charge in [0, 0.05) is 5.92 Å². The van der Waals surface area contributed by atoms with Crippen LogP contribution in [0.25, 0.3) is 0 Å². The first kappa shape index (κ1) is 24.5. The van der Waals surface area contributed by atoms with E-state index in [0.717, 1.165) is 63.2 Å². The Labute approximate surface area is 206 Å². The summed E-state index contributed by atoms with van der Waals surface area (Å²) in [5.74, 6) is 0.617. The molecule has 5 saturated carbocycles. The predicted molar refractivity (Wildman–Crippen MR) is 133 cm³/mol. The first-order valence-electron chi connectivity index (χ1n) is 13.8. The third kappa shape index (κ3) is 2.55. The van der Waals surface area contributed by atoms with Gasteiger partial charge in [-0.2, -0.15) is 0 Å². The number of rotatable bonds is 3. The van der Waals surface area contributed by atoms with Gasteiger partial charge in [-0.1, -0.05) is 46.8 Å². The quantitative estimate of drug-likeness (QED) is 0.385. The van der Waals surface area contributed by atoms with E-state index >= 15 is 0 Å². The van der Waals surface area contributed by atoms with Crippen molar-refractivity contribution in [1.82, 2.24) is 0 Å². The predicted octanol–water partition coefficient (Wildman–Crippen LogP) is 6.12. The summed E-state index contributed by atoms with van der Waals surface area (Å²) < 4.78 is 0. The van der Waals surface area contributed by atoms with Gasteiger partial charge in [0.05, 0.1) is 11.5 Å². The molecule has 3 unspecified atom stereocenters. The fraction of sp³-hybridized carbons (Fsp3) is 0.867. The maximum absolute atomic E-state index is 12.8. The van der Waals surface area contributed by atoms with Crippen molar-refractivity contribution in [3.63, 3.8) is 0 Å². The number of hydrogen-bond acceptors (Lipinski definition) is 3. The van der Waals surface area contributed by atoms with Crippen molar-refractivity contribution >= 4 is 12.3 Å². The van der Waals surface area contributed by atoms with Gasteiger partial charge in [0.15, 0.2) is 0 Å². The lowest BCUT2D eigenvalue weighted by Gasteiger charge is -2.70. The highest BCUT2D eigenvalue weighted by molar-refractivity contribution is 5.76. The average Bonchev–Trinajstić information content (AvgIpc) is 3.22. The molecular formula is C30H46O4. The number of aliphatic hydroxyl groups excluding tert-OH is 1. The first-order valence-corrected chi connectivity index (χ1v) is 13.8. The minimum atomic E-state index is -0.602. The number of aliphatic hydroxyl groups is 1. The van der Waals surface area contributed by atoms with Crippen LogP contribution >= 0.6 is 0 Å². The summed E-state index contributed by atoms with van der Waals surface area (Å²) in [6.45, 7) is 18.0. The molecule has 0 radical (unpaired) electrons. The molecule has 0 aliphatic heterocycles. The van der Waals surface area contributed by atoms with E-state index in [4.69, 9.17) is 0 Å². The normalized spacial score (nSPS) is 55.4. The molecule has 0 amide bonds. The Morgan fingerprint density at radius 3 is 2.18 bits per heavy atom. The molecule has 0 spiro atoms. The van der Waals surface area contributed by atoms with Gasteiger partial charge in [-0.3, -0.25) is 4.79 Å². The standard InChI is InChI=1S/C30H46O4/c1-17(2)18-10-13-30(25(33)34)15-14-27(5)19(23(18)30)8-9-22-28(27,6)12-11-21-26(3,4)24(32)20(16-31)29(21,22)7/h16,18-24,32H,1,8-15H2,2-7H3,(H,33,34)/t18-,19?,20+,21-,22?,23?,24+,27+,28+,29-,30-/m0/s1. The molecule has 0 heterocycles. The van der Waals surface area contributed by atoms with Crippen molar-refractivity contribution < 1.29 is 19.8 Å². The van der Waals surface area contributed by atoms with E-state index in [1.165, 1.54) is 0 Å². The highest BCUT2D eigenvalue weighted by atomic mass is 16.4. The number of hydrogen-bond donors (Lipinski definition) is 2. The summed E-state index contributed by atoms with van der Waals surface area (Å²) in [7, 11) is 0. The summed E-state index contributed by atoms with van der Waals surface area (Å²) in [6, 6.07) is 0. The molecule has 0 aromatic rings. The Morgan fingerprint density at radius 2 is 1.59 bits per heavy atom. The molecule has 4 nitrogen and oxygen atoms in total. The van der Waals surface area contributed by atoms with Crippen LogP contribution in [0, 0.1) is 62.6 Å². The van der Waals surface area contributed by atoms with Crippen molar-refractivity contribution in [3.8, 4) is 0 Å². The number of carbonyl (C=O) groups is 2. The Kier molecular flexibility index (Phi) is 5.20. The van der Waals surface area contributed by atoms with E-state index in [-0.39, 0.29) is 33.5 Å². The van der Waals surface area contributed by atoms with Gasteiger partial charge in [0.25, 0.3) is 0 Å². The van der Waals surface area contributed by atoms with Crippen LogP contribution in [0.3, 0.4) is 0 Å². The number of carboxylic acids is 1. The first-order chi connectivity index (χ1) is 15.7. The van der Waals surface area contributed by atoms with Gasteiger partial charge in [-0.15, -0.1) is 0 Å². The highest BCUT2D eigenvalue weighted by Gasteiger charge is 2.74. The fourth-order valence-electron chi connectivity index (χ4n) is 11.7. The van der Waals surface area contributed by atoms with Crippen molar-refractivity contribution in [3.05, 3.63) is 12.2 Å². The molecule has 5 aliphatic rings. The number of fused-ring (bicyclic) bond motifs is 7. The second-order valence-corrected chi connectivity index (χ2v) is 14.4. The van der Waals surface area contributed by atoms with E-state index < -0.39 is 17.5 Å². The molecule has 4 heteroatoms. The highest BCUT2D eigenvalue weighted by Crippen LogP contribution is 2.78. The minimum Gasteiger partial charge on any atom is -0.481 e. The smallest absolute Gasteiger partial charge is 0.309 e. The van der Waals surface area contributed by atoms with Crippen molar-refractivity contribution in [2.75, 3.05) is 0 Å². The number of aliphatic carboxylic acids is 1. The van der Waals surface area contributed by atoms with E-state index in [0.29, 0.717) is 23.7 Å². The van der Waals surface area contributed by atoms with E-state index in [1.807, 2.05) is 0 Å². The second-order valence-electron chi connectivity index (χ2n) is 14.4. The zero-order chi connectivity index (χ0) is 25.1. The SMILES string of the molecule is C=C(C)[C@@H]1CC[C@]2(C(=O)O)CC[C@]3(C)C(CCC4[C@@]5(C)[C@H](C=O)[C@@H](O)C(C)(C)[C@@H]5CC[C@]43C)C12. The largest absolute Gasteiger partial charge is 0.481 e. The summed E-state index contributed by atoms with van der Waals surface area (Å²) in [5, 5.41) is 21.8. The van der Waals surface area contributed by atoms with Gasteiger partial charge in [0.2, 0.25) is 0 Å². The van der Waals surface area contributed by atoms with E-state index in [1.54, 1.807) is 0 Å². The fourth-order valence-corrected chi connectivity index (χ4v) is 11.7. The topological polar surface area (TPSA) is 74.6 Å². The maximum Gasteiger partial charge on any atom is 0.309 e. The third-order valence-corrected chi connectivity index (χ3v) is 13.5. The molecule has 5 rings (SSSR count). The summed E-state index contributed by atoms with van der Waals surface area (Å²) >= 11 is 0. The zero-order valence-corrected chi connectivity index (χ0v) is 22.2. The van der Waals surface area contributed by atoms with Crippen LogP contribution in [-0.4, -0.2) is 28.6 Å². The Bertz CT molecular complexity index is 923. The summed E-state index contributed by atoms with van der Waals surface area (Å²) in [4.78, 5) is 25.2. The van der Waals surface area contributed by atoms with E-state index in [2.05, 4.69) is 48.1 Å². The molecule has 34 heavy (non-hydrogen) atoms. The molecule has 190 valence electrons. The monoisotopic (exact) mass is 470 g/mol. The molecule has 0 saturated heterocycles. The van der Waals surface area contributed by atoms with Crippen LogP contribution in [0.5, 0.6) is 0 Å². The molecule has 11 atom stereocenters. The van der Waals surface area contributed by atoms with Crippen LogP contribution in [-0.2, 0) is 9.59 Å². The van der Waals surface area contributed by atoms with Crippen LogP contribution < -0.4 is 0 Å². The molecule has 5 aliphatic carbocycles. The molecule has 0 aromatic carbocycles. The van der Waals surface area contributed by atoms with E-state index in [9.17, 15) is 19.8 Å². The molecule has 0 aromatic heterocycles. The summed E-state index contributed by atoms with van der Waals surface area (Å²) in [5.41, 5.74) is 0.153. The Hall–Kier alpha value is -1.16. The lowest BCUT2D eigenvalue weighted by molar-refractivity contribution is -0.225. The van der Waals surface area contributed by atoms with Crippen LogP contribution in [0.4, 0.5) is 0 Å². The van der Waals surface area contributed by atoms with Gasteiger partial charge >= 0.3 is 5.97 Å². The number of allylic oxidation sites excluding steroid dienone is 1. The maximum atomic E-state index is 12.8. The van der Waals surface area contributed by atoms with Gasteiger partial charge in [-0.05, 0) is 110 Å². The van der Waals surface area contributed by atoms with Gasteiger partial charge in [0.1, 0.15) is 6.29 Å². The molecule has 5 fully saturated rings. The summed E-state index contributed by atoms with van der Waals surface area (Å²) in [6.07, 6.45) is 8.13. The lowest BCUT2D eigenvalue weighted by Crippen LogP contribution is -2.65. The number of carboxylic acid groups (broad SMARTS) is 1. The third-order valence-electron chi connectivity index (χ3n) is 13.5. The second kappa shape index (κ2) is 7.20. The van der Waals surface area contributed by atoms with Gasteiger partial charge in [-0.25, -0.2) is 0 Å². The Morgan fingerprint density at radius 1 is 0.912 bits per heavy atom. The lowest BCUT2D eigenvalue weighted by atomic mass is 9.34. The zero-order valence-electron chi connectivity index (χ0n) is 22.2. The van der Waals surface area contributed by atoms with Crippen molar-refractivity contribution in [2.45, 2.75) is 99.0 Å².